The fourth-order valence-corrected chi connectivity index (χ4v) is 1.55. The van der Waals surface area contributed by atoms with Crippen molar-refractivity contribution < 1.29 is 14.8 Å². The van der Waals surface area contributed by atoms with E-state index in [0.29, 0.717) is 0 Å². The van der Waals surface area contributed by atoms with Crippen LogP contribution in [-0.4, -0.2) is 22.9 Å². The van der Waals surface area contributed by atoms with Crippen LogP contribution in [0.1, 0.15) is 39.3 Å². The second-order valence-electron chi connectivity index (χ2n) is 4.87. The Kier molecular flexibility index (Phi) is 3.88. The molecule has 90 valence electrons. The van der Waals surface area contributed by atoms with Gasteiger partial charge in [-0.25, -0.2) is 0 Å². The molecule has 0 spiro atoms. The number of hydroxylamine groups is 2. The van der Waals surface area contributed by atoms with Crippen LogP contribution in [0.4, 0.5) is 0 Å². The van der Waals surface area contributed by atoms with Gasteiger partial charge in [-0.05, 0) is 33.3 Å². The van der Waals surface area contributed by atoms with Crippen molar-refractivity contribution in [2.24, 2.45) is 0 Å². The van der Waals surface area contributed by atoms with Gasteiger partial charge in [0.15, 0.2) is 0 Å². The third kappa shape index (κ3) is 2.93. The molecule has 1 heterocycles. The van der Waals surface area contributed by atoms with Crippen molar-refractivity contribution in [2.45, 2.75) is 39.3 Å². The van der Waals surface area contributed by atoms with Gasteiger partial charge in [0.1, 0.15) is 7.11 Å². The van der Waals surface area contributed by atoms with Gasteiger partial charge in [-0.1, -0.05) is 0 Å². The van der Waals surface area contributed by atoms with E-state index in [-0.39, 0.29) is 11.6 Å². The Morgan fingerprint density at radius 3 is 2.19 bits per heavy atom. The van der Waals surface area contributed by atoms with Crippen LogP contribution in [0.3, 0.4) is 0 Å². The van der Waals surface area contributed by atoms with Crippen LogP contribution in [0.15, 0.2) is 24.5 Å². The number of nitrogens with zero attached hydrogens (tertiary/aromatic N) is 2. The maximum atomic E-state index is 10.0. The Labute approximate surface area is 97.0 Å². The van der Waals surface area contributed by atoms with Crippen LogP contribution in [0.5, 0.6) is 0 Å². The molecule has 0 saturated heterocycles. The molecule has 1 atom stereocenters. The van der Waals surface area contributed by atoms with Crippen molar-refractivity contribution in [2.75, 3.05) is 7.11 Å². The normalized spacial score (nSPS) is 13.9. The second-order valence-corrected chi connectivity index (χ2v) is 4.87. The summed E-state index contributed by atoms with van der Waals surface area (Å²) >= 11 is 0. The van der Waals surface area contributed by atoms with Crippen molar-refractivity contribution >= 4 is 0 Å². The van der Waals surface area contributed by atoms with Crippen LogP contribution in [0, 0.1) is 0 Å². The number of rotatable bonds is 3. The molecule has 1 rings (SSSR count). The quantitative estimate of drug-likeness (QED) is 0.627. The summed E-state index contributed by atoms with van der Waals surface area (Å²) in [6, 6.07) is 3.82. The topological polar surface area (TPSA) is 36.6 Å². The third-order valence-electron chi connectivity index (χ3n) is 2.58. The van der Waals surface area contributed by atoms with Gasteiger partial charge in [-0.15, -0.1) is 0 Å². The molecule has 0 bridgehead atoms. The van der Waals surface area contributed by atoms with Crippen LogP contribution < -0.4 is 9.57 Å². The van der Waals surface area contributed by atoms with Crippen LogP contribution in [0.25, 0.3) is 0 Å². The van der Waals surface area contributed by atoms with Crippen molar-refractivity contribution in [1.29, 1.82) is 0 Å². The zero-order valence-corrected chi connectivity index (χ0v) is 10.6. The van der Waals surface area contributed by atoms with Crippen molar-refractivity contribution in [3.05, 3.63) is 30.1 Å². The lowest BCUT2D eigenvalue weighted by atomic mass is 10.0. The van der Waals surface area contributed by atoms with Crippen molar-refractivity contribution in [3.63, 3.8) is 0 Å². The maximum Gasteiger partial charge on any atom is 0.222 e. The SMILES string of the molecule is CO[n+]1ccc(C(C)N(O)C(C)(C)C)cc1. The number of pyridine rings is 1. The summed E-state index contributed by atoms with van der Waals surface area (Å²) in [4.78, 5) is 5.02. The molecule has 0 aliphatic carbocycles. The minimum Gasteiger partial charge on any atom is -0.313 e. The van der Waals surface area contributed by atoms with E-state index >= 15 is 0 Å². The molecule has 16 heavy (non-hydrogen) atoms. The average molecular weight is 225 g/mol. The molecule has 1 aromatic rings. The first-order valence-electron chi connectivity index (χ1n) is 5.40. The molecule has 0 aliphatic heterocycles. The number of aromatic nitrogens is 1. The Morgan fingerprint density at radius 2 is 1.81 bits per heavy atom. The highest BCUT2D eigenvalue weighted by Crippen LogP contribution is 2.24. The molecule has 1 unspecified atom stereocenters. The zero-order valence-electron chi connectivity index (χ0n) is 10.6. The summed E-state index contributed by atoms with van der Waals surface area (Å²) in [5.41, 5.74) is 0.776. The van der Waals surface area contributed by atoms with Crippen LogP contribution in [-0.2, 0) is 0 Å². The predicted molar refractivity (Wildman–Crippen MR) is 60.9 cm³/mol. The average Bonchev–Trinajstić information content (AvgIpc) is 2.26. The minimum absolute atomic E-state index is 0.0495. The molecule has 4 heteroatoms. The van der Waals surface area contributed by atoms with E-state index in [0.717, 1.165) is 5.56 Å². The molecular weight excluding hydrogens is 204 g/mol. The summed E-state index contributed by atoms with van der Waals surface area (Å²) in [5.74, 6) is 0. The Bertz CT molecular complexity index is 330. The fourth-order valence-electron chi connectivity index (χ4n) is 1.55. The standard InChI is InChI=1S/C12H21N2O2/c1-10(14(15)12(2,3)4)11-6-8-13(16-5)9-7-11/h6-10,15H,1-5H3/q+1. The Balaban J connectivity index is 2.84. The number of hydrogen-bond donors (Lipinski definition) is 1. The van der Waals surface area contributed by atoms with E-state index in [9.17, 15) is 5.21 Å². The smallest absolute Gasteiger partial charge is 0.222 e. The third-order valence-corrected chi connectivity index (χ3v) is 2.58. The highest BCUT2D eigenvalue weighted by Gasteiger charge is 2.26. The molecular formula is C12H21N2O2+. The molecule has 0 fully saturated rings. The van der Waals surface area contributed by atoms with Gasteiger partial charge in [0.05, 0.1) is 6.04 Å². The molecule has 4 nitrogen and oxygen atoms in total. The van der Waals surface area contributed by atoms with E-state index in [1.807, 2.05) is 52.2 Å². The summed E-state index contributed by atoms with van der Waals surface area (Å²) < 4.78 is 1.61. The summed E-state index contributed by atoms with van der Waals surface area (Å²) in [7, 11) is 1.61. The lowest BCUT2D eigenvalue weighted by molar-refractivity contribution is -0.885. The lowest BCUT2D eigenvalue weighted by Crippen LogP contribution is -2.42. The van der Waals surface area contributed by atoms with Gasteiger partial charge in [0, 0.05) is 22.4 Å². The molecule has 1 aromatic heterocycles. The van der Waals surface area contributed by atoms with E-state index in [4.69, 9.17) is 4.84 Å². The molecule has 0 amide bonds. The maximum absolute atomic E-state index is 10.0. The monoisotopic (exact) mass is 225 g/mol. The van der Waals surface area contributed by atoms with Crippen LogP contribution >= 0.6 is 0 Å². The predicted octanol–water partition coefficient (Wildman–Crippen LogP) is 1.58. The molecule has 0 radical (unpaired) electrons. The van der Waals surface area contributed by atoms with E-state index in [1.54, 1.807) is 11.8 Å². The first-order valence-corrected chi connectivity index (χ1v) is 5.40. The van der Waals surface area contributed by atoms with Crippen LogP contribution in [0.2, 0.25) is 0 Å². The molecule has 0 aliphatic rings. The first kappa shape index (κ1) is 12.9. The van der Waals surface area contributed by atoms with Crippen molar-refractivity contribution in [1.82, 2.24) is 5.06 Å². The van der Waals surface area contributed by atoms with E-state index in [1.165, 1.54) is 5.06 Å². The lowest BCUT2D eigenvalue weighted by Gasteiger charge is -2.34. The molecule has 0 aromatic carbocycles. The van der Waals surface area contributed by atoms with E-state index in [2.05, 4.69) is 0 Å². The summed E-state index contributed by atoms with van der Waals surface area (Å²) in [6.07, 6.45) is 3.64. The van der Waals surface area contributed by atoms with Gasteiger partial charge in [-0.3, -0.25) is 4.84 Å². The summed E-state index contributed by atoms with van der Waals surface area (Å²) in [5, 5.41) is 11.4. The van der Waals surface area contributed by atoms with Crippen molar-refractivity contribution in [3.8, 4) is 0 Å². The van der Waals surface area contributed by atoms with Gasteiger partial charge in [-0.2, -0.15) is 5.06 Å². The van der Waals surface area contributed by atoms with Gasteiger partial charge in [0.25, 0.3) is 0 Å². The highest BCUT2D eigenvalue weighted by atomic mass is 16.6. The summed E-state index contributed by atoms with van der Waals surface area (Å²) in [6.45, 7) is 7.89. The molecule has 0 saturated carbocycles. The first-order chi connectivity index (χ1) is 7.36. The van der Waals surface area contributed by atoms with E-state index < -0.39 is 0 Å². The Hall–Kier alpha value is -1.13. The van der Waals surface area contributed by atoms with Gasteiger partial charge in [0.2, 0.25) is 12.4 Å². The fraction of sp³-hybridized carbons (Fsp3) is 0.583. The molecule has 1 N–H and O–H groups in total. The zero-order chi connectivity index (χ0) is 12.3. The largest absolute Gasteiger partial charge is 0.313 e. The number of hydrogen-bond acceptors (Lipinski definition) is 3. The van der Waals surface area contributed by atoms with Gasteiger partial charge >= 0.3 is 0 Å². The second kappa shape index (κ2) is 4.80. The minimum atomic E-state index is -0.271. The highest BCUT2D eigenvalue weighted by molar-refractivity contribution is 5.12. The van der Waals surface area contributed by atoms with Gasteiger partial charge < -0.3 is 5.21 Å². The Morgan fingerprint density at radius 1 is 1.31 bits per heavy atom.